The number of rotatable bonds is 4. The van der Waals surface area contributed by atoms with E-state index in [0.29, 0.717) is 17.9 Å². The molecule has 0 unspecified atom stereocenters. The summed E-state index contributed by atoms with van der Waals surface area (Å²) in [5, 5.41) is 8.90. The van der Waals surface area contributed by atoms with Crippen LogP contribution in [0.1, 0.15) is 11.1 Å². The van der Waals surface area contributed by atoms with Crippen LogP contribution in [0.2, 0.25) is 0 Å². The third kappa shape index (κ3) is 2.54. The van der Waals surface area contributed by atoms with Crippen LogP contribution in [-0.2, 0) is 22.9 Å². The number of aliphatic hydroxyl groups excluding tert-OH is 1. The van der Waals surface area contributed by atoms with Crippen molar-refractivity contribution in [3.63, 3.8) is 0 Å². The molecular weight excluding hydrogens is 286 g/mol. The van der Waals surface area contributed by atoms with Gasteiger partial charge in [-0.1, -0.05) is 30.3 Å². The van der Waals surface area contributed by atoms with Gasteiger partial charge in [-0.05, 0) is 42.2 Å². The zero-order chi connectivity index (χ0) is 14.9. The second-order valence-corrected chi connectivity index (χ2v) is 6.94. The summed E-state index contributed by atoms with van der Waals surface area (Å²) in [5.41, 5.74) is 2.77. The average molecular weight is 303 g/mol. The number of nitrogens with zero attached hydrogens (tertiary/aromatic N) is 1. The highest BCUT2D eigenvalue weighted by Gasteiger charge is 2.30. The molecule has 2 aromatic rings. The molecule has 2 aromatic carbocycles. The first kappa shape index (κ1) is 14.1. The van der Waals surface area contributed by atoms with Crippen LogP contribution >= 0.6 is 0 Å². The Kier molecular flexibility index (Phi) is 3.69. The van der Waals surface area contributed by atoms with Gasteiger partial charge >= 0.3 is 0 Å². The molecule has 5 heteroatoms. The normalized spacial score (nSPS) is 14.2. The highest BCUT2D eigenvalue weighted by molar-refractivity contribution is 7.92. The Balaban J connectivity index is 1.94. The van der Waals surface area contributed by atoms with Crippen LogP contribution in [0, 0.1) is 0 Å². The molecule has 0 fully saturated rings. The smallest absolute Gasteiger partial charge is 0.264 e. The van der Waals surface area contributed by atoms with E-state index >= 15 is 0 Å². The van der Waals surface area contributed by atoms with Gasteiger partial charge in [-0.25, -0.2) is 8.42 Å². The Morgan fingerprint density at radius 1 is 1.05 bits per heavy atom. The number of benzene rings is 2. The van der Waals surface area contributed by atoms with E-state index in [4.69, 9.17) is 5.11 Å². The van der Waals surface area contributed by atoms with E-state index in [1.54, 1.807) is 24.3 Å². The molecule has 1 heterocycles. The van der Waals surface area contributed by atoms with E-state index in [1.165, 1.54) is 4.31 Å². The summed E-state index contributed by atoms with van der Waals surface area (Å²) in [5.74, 6) is 0. The predicted molar refractivity (Wildman–Crippen MR) is 81.9 cm³/mol. The average Bonchev–Trinajstić information content (AvgIpc) is 2.93. The summed E-state index contributed by atoms with van der Waals surface area (Å²) >= 11 is 0. The first-order valence-corrected chi connectivity index (χ1v) is 8.37. The Bertz CT molecular complexity index is 738. The van der Waals surface area contributed by atoms with Gasteiger partial charge < -0.3 is 5.11 Å². The van der Waals surface area contributed by atoms with Gasteiger partial charge in [-0.3, -0.25) is 4.31 Å². The van der Waals surface area contributed by atoms with Crippen LogP contribution in [0.15, 0.2) is 53.4 Å². The minimum atomic E-state index is -3.51. The molecule has 1 aliphatic rings. The van der Waals surface area contributed by atoms with Crippen molar-refractivity contribution in [3.05, 3.63) is 59.7 Å². The lowest BCUT2D eigenvalue weighted by molar-refractivity contribution is 0.299. The quantitative estimate of drug-likeness (QED) is 0.939. The topological polar surface area (TPSA) is 57.6 Å². The number of aliphatic hydroxyl groups is 1. The second kappa shape index (κ2) is 5.50. The Hall–Kier alpha value is -1.85. The molecule has 1 aliphatic heterocycles. The monoisotopic (exact) mass is 303 g/mol. The van der Waals surface area contributed by atoms with Crippen LogP contribution in [0.4, 0.5) is 5.69 Å². The molecule has 1 N–H and O–H groups in total. The fraction of sp³-hybridized carbons (Fsp3) is 0.250. The van der Waals surface area contributed by atoms with Crippen molar-refractivity contribution in [1.29, 1.82) is 0 Å². The van der Waals surface area contributed by atoms with E-state index in [2.05, 4.69) is 0 Å². The van der Waals surface area contributed by atoms with Gasteiger partial charge in [0.1, 0.15) is 0 Å². The van der Waals surface area contributed by atoms with Crippen molar-refractivity contribution in [3.8, 4) is 0 Å². The molecule has 0 amide bonds. The molecule has 0 aromatic heterocycles. The van der Waals surface area contributed by atoms with Crippen molar-refractivity contribution in [2.75, 3.05) is 17.5 Å². The Morgan fingerprint density at radius 2 is 1.76 bits per heavy atom. The van der Waals surface area contributed by atoms with Crippen molar-refractivity contribution >= 4 is 15.7 Å². The lowest BCUT2D eigenvalue weighted by Crippen LogP contribution is -2.29. The van der Waals surface area contributed by atoms with Crippen molar-refractivity contribution in [1.82, 2.24) is 0 Å². The van der Waals surface area contributed by atoms with Gasteiger partial charge in [0.15, 0.2) is 0 Å². The molecule has 0 spiro atoms. The van der Waals surface area contributed by atoms with E-state index < -0.39 is 10.0 Å². The predicted octanol–water partition coefficient (Wildman–Crippen LogP) is 1.97. The summed E-state index contributed by atoms with van der Waals surface area (Å²) in [4.78, 5) is 0.292. The molecule has 4 nitrogen and oxygen atoms in total. The van der Waals surface area contributed by atoms with E-state index in [1.807, 2.05) is 24.3 Å². The summed E-state index contributed by atoms with van der Waals surface area (Å²) in [6.07, 6.45) is 1.28. The SMILES string of the molecule is O=S(=O)(c1ccc(CCO)cc1)N1CCc2ccccc21. The molecule has 0 radical (unpaired) electrons. The van der Waals surface area contributed by atoms with Crippen LogP contribution < -0.4 is 4.31 Å². The van der Waals surface area contributed by atoms with Crippen LogP contribution in [-0.4, -0.2) is 26.7 Å². The van der Waals surface area contributed by atoms with Crippen molar-refractivity contribution in [2.45, 2.75) is 17.7 Å². The summed E-state index contributed by atoms with van der Waals surface area (Å²) in [6.45, 7) is 0.547. The van der Waals surface area contributed by atoms with Gasteiger partial charge in [-0.2, -0.15) is 0 Å². The zero-order valence-corrected chi connectivity index (χ0v) is 12.4. The second-order valence-electron chi connectivity index (χ2n) is 5.07. The number of sulfonamides is 1. The molecule has 3 rings (SSSR count). The van der Waals surface area contributed by atoms with Crippen LogP contribution in [0.5, 0.6) is 0 Å². The minimum absolute atomic E-state index is 0.0611. The first-order valence-electron chi connectivity index (χ1n) is 6.93. The lowest BCUT2D eigenvalue weighted by atomic mass is 10.2. The Morgan fingerprint density at radius 3 is 2.48 bits per heavy atom. The fourth-order valence-electron chi connectivity index (χ4n) is 2.64. The zero-order valence-electron chi connectivity index (χ0n) is 11.6. The number of hydrogen-bond donors (Lipinski definition) is 1. The maximum atomic E-state index is 12.7. The number of fused-ring (bicyclic) bond motifs is 1. The van der Waals surface area contributed by atoms with E-state index in [0.717, 1.165) is 23.2 Å². The van der Waals surface area contributed by atoms with E-state index in [-0.39, 0.29) is 6.61 Å². The van der Waals surface area contributed by atoms with Crippen molar-refractivity contribution in [2.24, 2.45) is 0 Å². The highest BCUT2D eigenvalue weighted by atomic mass is 32.2. The molecule has 0 bridgehead atoms. The lowest BCUT2D eigenvalue weighted by Gasteiger charge is -2.19. The molecule has 0 saturated heterocycles. The van der Waals surface area contributed by atoms with Crippen LogP contribution in [0.25, 0.3) is 0 Å². The molecule has 0 saturated carbocycles. The van der Waals surface area contributed by atoms with Crippen LogP contribution in [0.3, 0.4) is 0 Å². The molecule has 21 heavy (non-hydrogen) atoms. The van der Waals surface area contributed by atoms with Gasteiger partial charge in [0, 0.05) is 13.2 Å². The third-order valence-corrected chi connectivity index (χ3v) is 5.58. The van der Waals surface area contributed by atoms with Crippen molar-refractivity contribution < 1.29 is 13.5 Å². The minimum Gasteiger partial charge on any atom is -0.396 e. The Labute approximate surface area is 124 Å². The molecule has 110 valence electrons. The summed E-state index contributed by atoms with van der Waals surface area (Å²) < 4.78 is 27.0. The standard InChI is InChI=1S/C16H17NO3S/c18-12-10-13-5-7-15(8-6-13)21(19,20)17-11-9-14-3-1-2-4-16(14)17/h1-8,18H,9-12H2. The number of hydrogen-bond acceptors (Lipinski definition) is 3. The van der Waals surface area contributed by atoms with E-state index in [9.17, 15) is 8.42 Å². The molecule has 0 aliphatic carbocycles. The molecular formula is C16H17NO3S. The summed E-state index contributed by atoms with van der Waals surface area (Å²) in [6, 6.07) is 14.3. The summed E-state index contributed by atoms with van der Waals surface area (Å²) in [7, 11) is -3.51. The first-order chi connectivity index (χ1) is 10.1. The third-order valence-electron chi connectivity index (χ3n) is 3.76. The largest absolute Gasteiger partial charge is 0.396 e. The van der Waals surface area contributed by atoms with Gasteiger partial charge in [0.25, 0.3) is 10.0 Å². The number of anilines is 1. The highest BCUT2D eigenvalue weighted by Crippen LogP contribution is 2.32. The molecule has 0 atom stereocenters. The fourth-order valence-corrected chi connectivity index (χ4v) is 4.15. The van der Waals surface area contributed by atoms with Gasteiger partial charge in [0.2, 0.25) is 0 Å². The maximum absolute atomic E-state index is 12.7. The van der Waals surface area contributed by atoms with Gasteiger partial charge in [0.05, 0.1) is 10.6 Å². The maximum Gasteiger partial charge on any atom is 0.264 e. The number of para-hydroxylation sites is 1. The van der Waals surface area contributed by atoms with Gasteiger partial charge in [-0.15, -0.1) is 0 Å².